The molecule has 2 rings (SSSR count). The first-order valence-corrected chi connectivity index (χ1v) is 8.85. The molecule has 0 bridgehead atoms. The second-order valence-corrected chi connectivity index (χ2v) is 7.67. The standard InChI is InChI=1S/C15H20N2O5S/c1-9(2)13(15(19)20)16-14(18)10-4-3-5-12(8-10)23(21,22)17-11-6-7-11/h3-5,8-9,11,13,17H,6-7H2,1-2H3,(H,16,18)(H,19,20)/t13-/m0/s1. The van der Waals surface area contributed by atoms with Crippen LogP contribution in [0.5, 0.6) is 0 Å². The van der Waals surface area contributed by atoms with Crippen molar-refractivity contribution in [2.24, 2.45) is 5.92 Å². The number of hydrogen-bond donors (Lipinski definition) is 3. The Labute approximate surface area is 135 Å². The quantitative estimate of drug-likeness (QED) is 0.684. The molecule has 7 nitrogen and oxygen atoms in total. The van der Waals surface area contributed by atoms with Crippen molar-refractivity contribution in [2.45, 2.75) is 43.7 Å². The predicted octanol–water partition coefficient (Wildman–Crippen LogP) is 0.966. The molecule has 1 atom stereocenters. The maximum Gasteiger partial charge on any atom is 0.326 e. The second kappa shape index (κ2) is 6.67. The van der Waals surface area contributed by atoms with Crippen LogP contribution in [0, 0.1) is 5.92 Å². The number of benzene rings is 1. The van der Waals surface area contributed by atoms with Gasteiger partial charge >= 0.3 is 5.97 Å². The summed E-state index contributed by atoms with van der Waals surface area (Å²) in [7, 11) is -3.66. The van der Waals surface area contributed by atoms with Crippen molar-refractivity contribution in [3.05, 3.63) is 29.8 Å². The molecule has 1 fully saturated rings. The number of carboxylic acid groups (broad SMARTS) is 1. The van der Waals surface area contributed by atoms with Gasteiger partial charge in [0.05, 0.1) is 4.90 Å². The summed E-state index contributed by atoms with van der Waals surface area (Å²) in [6.45, 7) is 3.36. The van der Waals surface area contributed by atoms with Gasteiger partial charge in [0.1, 0.15) is 6.04 Å². The van der Waals surface area contributed by atoms with Crippen molar-refractivity contribution in [2.75, 3.05) is 0 Å². The van der Waals surface area contributed by atoms with Gasteiger partial charge in [-0.3, -0.25) is 4.79 Å². The molecule has 23 heavy (non-hydrogen) atoms. The molecule has 0 radical (unpaired) electrons. The molecule has 1 amide bonds. The molecule has 126 valence electrons. The summed E-state index contributed by atoms with van der Waals surface area (Å²) in [5.41, 5.74) is 0.107. The van der Waals surface area contributed by atoms with Crippen LogP contribution >= 0.6 is 0 Å². The van der Waals surface area contributed by atoms with Gasteiger partial charge in [0.25, 0.3) is 5.91 Å². The Morgan fingerprint density at radius 3 is 2.43 bits per heavy atom. The highest BCUT2D eigenvalue weighted by molar-refractivity contribution is 7.89. The highest BCUT2D eigenvalue weighted by Crippen LogP contribution is 2.22. The van der Waals surface area contributed by atoms with Crippen LogP contribution < -0.4 is 10.0 Å². The van der Waals surface area contributed by atoms with Crippen molar-refractivity contribution in [1.29, 1.82) is 0 Å². The number of hydrogen-bond acceptors (Lipinski definition) is 4. The third kappa shape index (κ3) is 4.52. The fourth-order valence-corrected chi connectivity index (χ4v) is 3.38. The highest BCUT2D eigenvalue weighted by Gasteiger charge is 2.29. The Bertz CT molecular complexity index is 710. The molecule has 0 saturated heterocycles. The molecule has 1 aliphatic rings. The van der Waals surface area contributed by atoms with E-state index >= 15 is 0 Å². The summed E-state index contributed by atoms with van der Waals surface area (Å²) in [5.74, 6) is -2.04. The van der Waals surface area contributed by atoms with E-state index in [4.69, 9.17) is 5.11 Å². The van der Waals surface area contributed by atoms with Gasteiger partial charge < -0.3 is 10.4 Å². The number of carbonyl (C=O) groups is 2. The van der Waals surface area contributed by atoms with Crippen LogP contribution in [0.25, 0.3) is 0 Å². The number of sulfonamides is 1. The predicted molar refractivity (Wildman–Crippen MR) is 83.5 cm³/mol. The third-order valence-corrected chi connectivity index (χ3v) is 5.04. The minimum absolute atomic E-state index is 0.00604. The van der Waals surface area contributed by atoms with Crippen LogP contribution in [-0.2, 0) is 14.8 Å². The van der Waals surface area contributed by atoms with Crippen LogP contribution in [0.3, 0.4) is 0 Å². The Morgan fingerprint density at radius 1 is 1.26 bits per heavy atom. The number of carbonyl (C=O) groups excluding carboxylic acids is 1. The van der Waals surface area contributed by atoms with Gasteiger partial charge in [0.2, 0.25) is 10.0 Å². The SMILES string of the molecule is CC(C)[C@H](NC(=O)c1cccc(S(=O)(=O)NC2CC2)c1)C(=O)O. The summed E-state index contributed by atoms with van der Waals surface area (Å²) >= 11 is 0. The van der Waals surface area contributed by atoms with Crippen LogP contribution in [-0.4, -0.2) is 37.5 Å². The third-order valence-electron chi connectivity index (χ3n) is 3.53. The number of amides is 1. The molecule has 1 aliphatic carbocycles. The smallest absolute Gasteiger partial charge is 0.326 e. The lowest BCUT2D eigenvalue weighted by Gasteiger charge is -2.18. The van der Waals surface area contributed by atoms with Crippen molar-refractivity contribution in [1.82, 2.24) is 10.0 Å². The van der Waals surface area contributed by atoms with Gasteiger partial charge in [-0.05, 0) is 37.0 Å². The van der Waals surface area contributed by atoms with Gasteiger partial charge in [-0.15, -0.1) is 0 Å². The largest absolute Gasteiger partial charge is 0.480 e. The lowest BCUT2D eigenvalue weighted by atomic mass is 10.0. The van der Waals surface area contributed by atoms with E-state index in [1.54, 1.807) is 13.8 Å². The van der Waals surface area contributed by atoms with Crippen molar-refractivity contribution in [3.8, 4) is 0 Å². The Balaban J connectivity index is 2.18. The van der Waals surface area contributed by atoms with E-state index in [0.717, 1.165) is 12.8 Å². The maximum atomic E-state index is 12.2. The van der Waals surface area contributed by atoms with E-state index in [9.17, 15) is 18.0 Å². The minimum atomic E-state index is -3.66. The van der Waals surface area contributed by atoms with Gasteiger partial charge in [0.15, 0.2) is 0 Å². The first-order valence-electron chi connectivity index (χ1n) is 7.37. The van der Waals surface area contributed by atoms with Gasteiger partial charge in [-0.2, -0.15) is 0 Å². The molecule has 1 aromatic rings. The Kier molecular flexibility index (Phi) is 5.06. The first-order chi connectivity index (χ1) is 10.7. The summed E-state index contributed by atoms with van der Waals surface area (Å²) in [6, 6.07) is 4.49. The number of nitrogens with one attached hydrogen (secondary N) is 2. The molecule has 3 N–H and O–H groups in total. The zero-order valence-corrected chi connectivity index (χ0v) is 13.8. The molecule has 1 aromatic carbocycles. The van der Waals surface area contributed by atoms with E-state index in [0.29, 0.717) is 0 Å². The van der Waals surface area contributed by atoms with Gasteiger partial charge in [0, 0.05) is 11.6 Å². The average Bonchev–Trinajstić information content (AvgIpc) is 3.27. The van der Waals surface area contributed by atoms with E-state index in [2.05, 4.69) is 10.0 Å². The molecular weight excluding hydrogens is 320 g/mol. The zero-order chi connectivity index (χ0) is 17.2. The molecule has 8 heteroatoms. The minimum Gasteiger partial charge on any atom is -0.480 e. The average molecular weight is 340 g/mol. The molecule has 0 spiro atoms. The summed E-state index contributed by atoms with van der Waals surface area (Å²) in [6.07, 6.45) is 1.63. The molecule has 0 aliphatic heterocycles. The van der Waals surface area contributed by atoms with E-state index in [-0.39, 0.29) is 22.4 Å². The molecule has 1 saturated carbocycles. The Hall–Kier alpha value is -1.93. The lowest BCUT2D eigenvalue weighted by molar-refractivity contribution is -0.140. The lowest BCUT2D eigenvalue weighted by Crippen LogP contribution is -2.44. The van der Waals surface area contributed by atoms with Crippen LogP contribution in [0.15, 0.2) is 29.2 Å². The maximum absolute atomic E-state index is 12.2. The zero-order valence-electron chi connectivity index (χ0n) is 12.9. The van der Waals surface area contributed by atoms with Crippen molar-refractivity contribution in [3.63, 3.8) is 0 Å². The van der Waals surface area contributed by atoms with Crippen LogP contribution in [0.2, 0.25) is 0 Å². The number of carboxylic acids is 1. The molecule has 0 heterocycles. The van der Waals surface area contributed by atoms with Gasteiger partial charge in [-0.1, -0.05) is 19.9 Å². The first kappa shape index (κ1) is 17.4. The van der Waals surface area contributed by atoms with Crippen LogP contribution in [0.1, 0.15) is 37.0 Å². The van der Waals surface area contributed by atoms with Crippen LogP contribution in [0.4, 0.5) is 0 Å². The summed E-state index contributed by atoms with van der Waals surface area (Å²) in [4.78, 5) is 23.3. The molecule has 0 unspecified atom stereocenters. The second-order valence-electron chi connectivity index (χ2n) is 5.96. The fourth-order valence-electron chi connectivity index (χ4n) is 2.03. The van der Waals surface area contributed by atoms with E-state index in [1.165, 1.54) is 24.3 Å². The normalized spacial score (nSPS) is 16.1. The molecule has 0 aromatic heterocycles. The Morgan fingerprint density at radius 2 is 1.91 bits per heavy atom. The number of aliphatic carboxylic acids is 1. The van der Waals surface area contributed by atoms with Gasteiger partial charge in [-0.25, -0.2) is 17.9 Å². The van der Waals surface area contributed by atoms with Crippen molar-refractivity contribution >= 4 is 21.9 Å². The van der Waals surface area contributed by atoms with Crippen molar-refractivity contribution < 1.29 is 23.1 Å². The summed E-state index contributed by atoms with van der Waals surface area (Å²) < 4.78 is 26.9. The summed E-state index contributed by atoms with van der Waals surface area (Å²) in [5, 5.41) is 11.5. The van der Waals surface area contributed by atoms with E-state index in [1.807, 2.05) is 0 Å². The molecular formula is C15H20N2O5S. The highest BCUT2D eigenvalue weighted by atomic mass is 32.2. The van der Waals surface area contributed by atoms with E-state index < -0.39 is 27.9 Å². The topological polar surface area (TPSA) is 113 Å². The monoisotopic (exact) mass is 340 g/mol. The number of rotatable bonds is 7. The fraction of sp³-hybridized carbons (Fsp3) is 0.467.